The van der Waals surface area contributed by atoms with Gasteiger partial charge in [-0.15, -0.1) is 0 Å². The maximum absolute atomic E-state index is 6.33. The summed E-state index contributed by atoms with van der Waals surface area (Å²) in [5, 5.41) is 13.6. The Morgan fingerprint density at radius 3 is 2.69 bits per heavy atom. The topological polar surface area (TPSA) is 96.5 Å². The van der Waals surface area contributed by atoms with Crippen LogP contribution in [0.1, 0.15) is 36.8 Å². The van der Waals surface area contributed by atoms with Crippen LogP contribution < -0.4 is 20.1 Å². The molecule has 1 aliphatic carbocycles. The summed E-state index contributed by atoms with van der Waals surface area (Å²) in [6.45, 7) is 1.21. The molecule has 3 aromatic rings. The van der Waals surface area contributed by atoms with Crippen molar-refractivity contribution in [3.8, 4) is 22.9 Å². The van der Waals surface area contributed by atoms with E-state index in [4.69, 9.17) is 9.47 Å². The summed E-state index contributed by atoms with van der Waals surface area (Å²) in [7, 11) is 3.45. The van der Waals surface area contributed by atoms with Gasteiger partial charge < -0.3 is 20.1 Å². The Hall–Kier alpha value is -3.55. The fourth-order valence-corrected chi connectivity index (χ4v) is 3.93. The Balaban J connectivity index is 1.38. The lowest BCUT2D eigenvalue weighted by Crippen LogP contribution is -2.36. The van der Waals surface area contributed by atoms with Gasteiger partial charge in [0.15, 0.2) is 23.3 Å². The molecule has 0 unspecified atom stereocenters. The number of rotatable bonds is 8. The summed E-state index contributed by atoms with van der Waals surface area (Å²) in [5.41, 5.74) is 3.16. The van der Waals surface area contributed by atoms with E-state index in [1.54, 1.807) is 14.2 Å². The first-order valence-corrected chi connectivity index (χ1v) is 11.0. The highest BCUT2D eigenvalue weighted by molar-refractivity contribution is 5.79. The molecule has 0 bridgehead atoms. The largest absolute Gasteiger partial charge is 0.493 e. The molecule has 0 aliphatic heterocycles. The predicted molar refractivity (Wildman–Crippen MR) is 125 cm³/mol. The van der Waals surface area contributed by atoms with E-state index in [9.17, 15) is 0 Å². The van der Waals surface area contributed by atoms with Crippen LogP contribution in [0.25, 0.3) is 11.4 Å². The molecule has 0 atom stereocenters. The van der Waals surface area contributed by atoms with Crippen LogP contribution in [0.3, 0.4) is 0 Å². The molecule has 0 saturated heterocycles. The minimum Gasteiger partial charge on any atom is -0.493 e. The molecule has 8 heteroatoms. The van der Waals surface area contributed by atoms with Crippen LogP contribution in [0.2, 0.25) is 0 Å². The van der Waals surface area contributed by atoms with Gasteiger partial charge in [-0.2, -0.15) is 5.10 Å². The van der Waals surface area contributed by atoms with Crippen molar-refractivity contribution >= 4 is 5.96 Å². The number of hydrogen-bond acceptors (Lipinski definition) is 5. The van der Waals surface area contributed by atoms with Crippen LogP contribution in [0.15, 0.2) is 53.8 Å². The van der Waals surface area contributed by atoms with Gasteiger partial charge in [-0.3, -0.25) is 10.1 Å². The van der Waals surface area contributed by atoms with Gasteiger partial charge in [0.05, 0.1) is 13.2 Å². The highest BCUT2D eigenvalue weighted by Gasteiger charge is 2.20. The molecule has 168 valence electrons. The van der Waals surface area contributed by atoms with E-state index in [0.717, 1.165) is 46.9 Å². The molecule has 0 spiro atoms. The number of aliphatic imine (C=N–C) groups is 1. The van der Waals surface area contributed by atoms with Gasteiger partial charge in [0.2, 0.25) is 0 Å². The maximum Gasteiger partial charge on any atom is 0.191 e. The predicted octanol–water partition coefficient (Wildman–Crippen LogP) is 3.67. The number of benzene rings is 2. The monoisotopic (exact) mass is 434 g/mol. The van der Waals surface area contributed by atoms with Crippen LogP contribution in [0.5, 0.6) is 11.5 Å². The SMILES string of the molecule is CN=C(NCc1cccc(-c2ncn[nH]2)c1)NCc1cccc(OC)c1OC1CCCC1. The van der Waals surface area contributed by atoms with Crippen LogP contribution in [0, 0.1) is 0 Å². The zero-order chi connectivity index (χ0) is 22.2. The zero-order valence-corrected chi connectivity index (χ0v) is 18.6. The van der Waals surface area contributed by atoms with Crippen molar-refractivity contribution in [2.75, 3.05) is 14.2 Å². The van der Waals surface area contributed by atoms with E-state index in [1.807, 2.05) is 24.3 Å². The molecular weight excluding hydrogens is 404 g/mol. The number of ether oxygens (including phenoxy) is 2. The fraction of sp³-hybridized carbons (Fsp3) is 0.375. The number of methoxy groups -OCH3 is 1. The number of H-pyrrole nitrogens is 1. The molecule has 0 radical (unpaired) electrons. The Bertz CT molecular complexity index is 1030. The van der Waals surface area contributed by atoms with Crippen LogP contribution in [-0.4, -0.2) is 41.4 Å². The van der Waals surface area contributed by atoms with E-state index in [-0.39, 0.29) is 6.10 Å². The molecule has 3 N–H and O–H groups in total. The number of para-hydroxylation sites is 1. The Morgan fingerprint density at radius 1 is 1.12 bits per heavy atom. The molecule has 1 aromatic heterocycles. The van der Waals surface area contributed by atoms with E-state index < -0.39 is 0 Å². The highest BCUT2D eigenvalue weighted by Crippen LogP contribution is 2.34. The third kappa shape index (κ3) is 5.38. The number of guanidine groups is 1. The molecule has 4 rings (SSSR count). The maximum atomic E-state index is 6.33. The van der Waals surface area contributed by atoms with Crippen LogP contribution in [-0.2, 0) is 13.1 Å². The third-order valence-electron chi connectivity index (χ3n) is 5.61. The van der Waals surface area contributed by atoms with Crippen molar-refractivity contribution < 1.29 is 9.47 Å². The van der Waals surface area contributed by atoms with Gasteiger partial charge in [0.25, 0.3) is 0 Å². The minimum atomic E-state index is 0.263. The van der Waals surface area contributed by atoms with E-state index >= 15 is 0 Å². The standard InChI is InChI=1S/C24H30N6O2/c1-25-24(26-14-17-7-5-8-18(13-17)23-28-16-29-30-23)27-15-19-9-6-12-21(31-2)22(19)32-20-10-3-4-11-20/h5-9,12-13,16,20H,3-4,10-11,14-15H2,1-2H3,(H2,25,26,27)(H,28,29,30). The molecular formula is C24H30N6O2. The highest BCUT2D eigenvalue weighted by atomic mass is 16.5. The van der Waals surface area contributed by atoms with Crippen molar-refractivity contribution in [3.05, 3.63) is 59.9 Å². The zero-order valence-electron chi connectivity index (χ0n) is 18.6. The summed E-state index contributed by atoms with van der Waals surface area (Å²) in [6, 6.07) is 14.2. The Labute approximate surface area is 188 Å². The van der Waals surface area contributed by atoms with E-state index in [2.05, 4.69) is 49.0 Å². The van der Waals surface area contributed by atoms with Gasteiger partial charge in [-0.05, 0) is 43.4 Å². The second-order valence-corrected chi connectivity index (χ2v) is 7.79. The first-order valence-electron chi connectivity index (χ1n) is 11.0. The number of aromatic amines is 1. The smallest absolute Gasteiger partial charge is 0.191 e. The average Bonchev–Trinajstić information content (AvgIpc) is 3.55. The van der Waals surface area contributed by atoms with Gasteiger partial charge in [0.1, 0.15) is 6.33 Å². The van der Waals surface area contributed by atoms with Crippen LogP contribution in [0.4, 0.5) is 0 Å². The summed E-state index contributed by atoms with van der Waals surface area (Å²) in [5.74, 6) is 3.06. The van der Waals surface area contributed by atoms with Gasteiger partial charge >= 0.3 is 0 Å². The molecule has 1 saturated carbocycles. The van der Waals surface area contributed by atoms with Gasteiger partial charge in [-0.25, -0.2) is 4.98 Å². The summed E-state index contributed by atoms with van der Waals surface area (Å²) in [4.78, 5) is 8.58. The van der Waals surface area contributed by atoms with Gasteiger partial charge in [0, 0.05) is 31.3 Å². The number of hydrogen-bond donors (Lipinski definition) is 3. The lowest BCUT2D eigenvalue weighted by molar-refractivity contribution is 0.198. The van der Waals surface area contributed by atoms with Gasteiger partial charge in [-0.1, -0.05) is 30.3 Å². The minimum absolute atomic E-state index is 0.263. The second kappa shape index (κ2) is 10.7. The van der Waals surface area contributed by atoms with Crippen molar-refractivity contribution in [1.29, 1.82) is 0 Å². The lowest BCUT2D eigenvalue weighted by atomic mass is 10.1. The fourth-order valence-electron chi connectivity index (χ4n) is 3.93. The van der Waals surface area contributed by atoms with Crippen molar-refractivity contribution in [1.82, 2.24) is 25.8 Å². The Morgan fingerprint density at radius 2 is 1.94 bits per heavy atom. The molecule has 1 heterocycles. The molecule has 32 heavy (non-hydrogen) atoms. The van der Waals surface area contributed by atoms with E-state index in [0.29, 0.717) is 19.0 Å². The second-order valence-electron chi connectivity index (χ2n) is 7.79. The Kier molecular flexibility index (Phi) is 7.22. The molecule has 0 amide bonds. The summed E-state index contributed by atoms with van der Waals surface area (Å²) >= 11 is 0. The molecule has 2 aromatic carbocycles. The number of nitrogens with zero attached hydrogens (tertiary/aromatic N) is 3. The summed E-state index contributed by atoms with van der Waals surface area (Å²) in [6.07, 6.45) is 6.42. The first-order chi connectivity index (χ1) is 15.8. The van der Waals surface area contributed by atoms with Crippen LogP contribution >= 0.6 is 0 Å². The molecule has 1 aliphatic rings. The molecule has 8 nitrogen and oxygen atoms in total. The number of nitrogens with one attached hydrogen (secondary N) is 3. The van der Waals surface area contributed by atoms with E-state index in [1.165, 1.54) is 19.2 Å². The normalized spacial score (nSPS) is 14.4. The quantitative estimate of drug-likeness (QED) is 0.370. The molecule has 1 fully saturated rings. The summed E-state index contributed by atoms with van der Waals surface area (Å²) < 4.78 is 11.9. The lowest BCUT2D eigenvalue weighted by Gasteiger charge is -2.20. The first kappa shape index (κ1) is 21.7. The van der Waals surface area contributed by atoms with Crippen molar-refractivity contribution in [3.63, 3.8) is 0 Å². The number of aromatic nitrogens is 3. The third-order valence-corrected chi connectivity index (χ3v) is 5.61. The average molecular weight is 435 g/mol. The van der Waals surface area contributed by atoms with Crippen molar-refractivity contribution in [2.24, 2.45) is 4.99 Å². The van der Waals surface area contributed by atoms with Crippen molar-refractivity contribution in [2.45, 2.75) is 44.9 Å².